The minimum absolute atomic E-state index is 0.0259. The maximum absolute atomic E-state index is 13.3. The summed E-state index contributed by atoms with van der Waals surface area (Å²) < 4.78 is 62.0. The van der Waals surface area contributed by atoms with Crippen LogP contribution in [0.2, 0.25) is 0 Å². The molecule has 2 bridgehead atoms. The zero-order valence-electron chi connectivity index (χ0n) is 13.8. The van der Waals surface area contributed by atoms with E-state index in [0.717, 1.165) is 31.4 Å². The van der Waals surface area contributed by atoms with Crippen molar-refractivity contribution in [2.24, 2.45) is 17.8 Å². The van der Waals surface area contributed by atoms with E-state index in [9.17, 15) is 27.4 Å². The topological polar surface area (TPSA) is 87.7 Å². The summed E-state index contributed by atoms with van der Waals surface area (Å²) in [6.07, 6.45) is -2.14. The Bertz CT molecular complexity index is 794. The van der Waals surface area contributed by atoms with E-state index in [1.165, 1.54) is 16.4 Å². The molecule has 0 aromatic heterocycles. The molecule has 1 aliphatic heterocycles. The average molecular weight is 388 g/mol. The monoisotopic (exact) mass is 388 g/mol. The predicted molar refractivity (Wildman–Crippen MR) is 90.5 cm³/mol. The molecule has 0 spiro atoms. The maximum Gasteiger partial charge on any atom is 0.417 e. The Labute approximate surface area is 150 Å². The number of alkyl halides is 3. The fraction of sp³-hybridized carbons (Fsp3) is 0.588. The molecule has 3 N–H and O–H groups in total. The van der Waals surface area contributed by atoms with Gasteiger partial charge in [-0.1, -0.05) is 0 Å². The molecule has 4 atom stereocenters. The van der Waals surface area contributed by atoms with E-state index < -0.39 is 32.8 Å². The van der Waals surface area contributed by atoms with Crippen LogP contribution in [0.25, 0.3) is 0 Å². The molecule has 9 heteroatoms. The van der Waals surface area contributed by atoms with Crippen molar-refractivity contribution in [1.29, 1.82) is 5.26 Å². The molecule has 1 heterocycles. The first-order valence-electron chi connectivity index (χ1n) is 8.44. The van der Waals surface area contributed by atoms with Crippen molar-refractivity contribution in [3.05, 3.63) is 29.3 Å². The molecule has 3 aliphatic rings. The van der Waals surface area contributed by atoms with Crippen molar-refractivity contribution >= 4 is 16.5 Å². The highest BCUT2D eigenvalue weighted by atomic mass is 32.3. The van der Waals surface area contributed by atoms with Crippen LogP contribution in [0.4, 0.5) is 18.9 Å². The normalized spacial score (nSPS) is 36.0. The van der Waals surface area contributed by atoms with Crippen LogP contribution in [0.5, 0.6) is 0 Å². The molecule has 1 saturated heterocycles. The van der Waals surface area contributed by atoms with Crippen LogP contribution in [-0.4, -0.2) is 32.1 Å². The van der Waals surface area contributed by atoms with Gasteiger partial charge < -0.3 is 5.11 Å². The number of hydrogen-bond acceptors (Lipinski definition) is 5. The largest absolute Gasteiger partial charge is 0.417 e. The highest BCUT2D eigenvalue weighted by Crippen LogP contribution is 2.76. The number of aliphatic hydroxyl groups is 1. The van der Waals surface area contributed by atoms with Gasteiger partial charge in [0, 0.05) is 12.5 Å². The minimum atomic E-state index is -4.72. The van der Waals surface area contributed by atoms with Gasteiger partial charge in [0.25, 0.3) is 0 Å². The number of aliphatic hydroxyl groups excluding tert-OH is 1. The SMILES string of the molecule is N#Cc1ccc(N2C[C@H]3[C@H]4CC[C@H](C4)[C@@]3(CO)S2(O)O)cc1C(F)(F)F. The zero-order valence-corrected chi connectivity index (χ0v) is 14.6. The van der Waals surface area contributed by atoms with Crippen molar-refractivity contribution in [2.45, 2.75) is 30.2 Å². The van der Waals surface area contributed by atoms with Crippen molar-refractivity contribution in [1.82, 2.24) is 0 Å². The Morgan fingerprint density at radius 1 is 1.31 bits per heavy atom. The molecule has 1 aromatic carbocycles. The number of halogens is 3. The molecule has 5 nitrogen and oxygen atoms in total. The number of rotatable bonds is 2. The third kappa shape index (κ3) is 2.10. The van der Waals surface area contributed by atoms with Gasteiger partial charge in [-0.2, -0.15) is 18.4 Å². The fourth-order valence-electron chi connectivity index (χ4n) is 5.35. The number of fused-ring (bicyclic) bond motifs is 5. The average Bonchev–Trinajstić information content (AvgIpc) is 3.23. The van der Waals surface area contributed by atoms with Crippen molar-refractivity contribution in [3.63, 3.8) is 0 Å². The number of nitriles is 1. The highest BCUT2D eigenvalue weighted by Gasteiger charge is 2.70. The molecule has 2 aliphatic carbocycles. The molecular weight excluding hydrogens is 369 g/mol. The second-order valence-electron chi connectivity index (χ2n) is 7.41. The van der Waals surface area contributed by atoms with Gasteiger partial charge in [-0.05, 0) is 49.3 Å². The van der Waals surface area contributed by atoms with Gasteiger partial charge in [-0.15, -0.1) is 10.8 Å². The second-order valence-corrected chi connectivity index (χ2v) is 9.65. The van der Waals surface area contributed by atoms with Crippen LogP contribution in [0.15, 0.2) is 18.2 Å². The van der Waals surface area contributed by atoms with Crippen LogP contribution >= 0.6 is 10.8 Å². The first kappa shape index (κ1) is 17.9. The molecule has 0 radical (unpaired) electrons. The molecule has 4 rings (SSSR count). The van der Waals surface area contributed by atoms with Crippen molar-refractivity contribution in [2.75, 3.05) is 17.5 Å². The van der Waals surface area contributed by atoms with Gasteiger partial charge in [0.05, 0.1) is 29.5 Å². The van der Waals surface area contributed by atoms with Gasteiger partial charge in [-0.3, -0.25) is 13.4 Å². The molecule has 3 fully saturated rings. The van der Waals surface area contributed by atoms with Gasteiger partial charge >= 0.3 is 6.18 Å². The molecule has 142 valence electrons. The zero-order chi connectivity index (χ0) is 18.9. The van der Waals surface area contributed by atoms with Gasteiger partial charge in [0.2, 0.25) is 0 Å². The Morgan fingerprint density at radius 3 is 2.62 bits per heavy atom. The fourth-order valence-corrected chi connectivity index (χ4v) is 8.04. The minimum Gasteiger partial charge on any atom is -0.394 e. The van der Waals surface area contributed by atoms with E-state index in [1.807, 2.05) is 0 Å². The van der Waals surface area contributed by atoms with Crippen LogP contribution in [0.1, 0.15) is 30.4 Å². The lowest BCUT2D eigenvalue weighted by Crippen LogP contribution is -2.47. The smallest absolute Gasteiger partial charge is 0.394 e. The summed E-state index contributed by atoms with van der Waals surface area (Å²) in [4.78, 5) is 0. The Hall–Kier alpha value is -1.47. The summed E-state index contributed by atoms with van der Waals surface area (Å²) in [6, 6.07) is 4.71. The Morgan fingerprint density at radius 2 is 2.04 bits per heavy atom. The van der Waals surface area contributed by atoms with Crippen LogP contribution in [0, 0.1) is 29.1 Å². The molecule has 1 aromatic rings. The summed E-state index contributed by atoms with van der Waals surface area (Å²) in [5.74, 6) is 0.0722. The molecular formula is C17H19F3N2O3S. The van der Waals surface area contributed by atoms with Crippen LogP contribution in [0.3, 0.4) is 0 Å². The van der Waals surface area contributed by atoms with Gasteiger partial charge in [0.1, 0.15) is 4.75 Å². The molecule has 0 unspecified atom stereocenters. The predicted octanol–water partition coefficient (Wildman–Crippen LogP) is 3.84. The lowest BCUT2D eigenvalue weighted by molar-refractivity contribution is -0.137. The third-order valence-corrected chi connectivity index (χ3v) is 9.26. The van der Waals surface area contributed by atoms with Gasteiger partial charge in [-0.25, -0.2) is 0 Å². The summed E-state index contributed by atoms with van der Waals surface area (Å²) in [7, 11) is -3.51. The highest BCUT2D eigenvalue weighted by molar-refractivity contribution is 8.26. The molecule has 0 amide bonds. The lowest BCUT2D eigenvalue weighted by Gasteiger charge is -2.52. The van der Waals surface area contributed by atoms with E-state index in [4.69, 9.17) is 5.26 Å². The van der Waals surface area contributed by atoms with Crippen LogP contribution in [-0.2, 0) is 6.18 Å². The quantitative estimate of drug-likeness (QED) is 0.717. The number of benzene rings is 1. The second kappa shape index (κ2) is 5.52. The van der Waals surface area contributed by atoms with E-state index in [0.29, 0.717) is 0 Å². The Balaban J connectivity index is 1.80. The lowest BCUT2D eigenvalue weighted by atomic mass is 9.79. The van der Waals surface area contributed by atoms with E-state index in [-0.39, 0.29) is 36.6 Å². The summed E-state index contributed by atoms with van der Waals surface area (Å²) >= 11 is 0. The third-order valence-electron chi connectivity index (χ3n) is 6.50. The van der Waals surface area contributed by atoms with E-state index >= 15 is 0 Å². The number of anilines is 1. The number of hydrogen-bond donors (Lipinski definition) is 3. The summed E-state index contributed by atoms with van der Waals surface area (Å²) in [6.45, 7) is -0.187. The standard InChI is InChI=1S/C17H19F3N2O3S/c18-17(19,20)14-6-13(4-2-11(14)7-21)22-8-15-10-1-3-12(5-10)16(15,9-23)26(22,24)25/h2,4,6,10,12,15,23-25H,1,3,5,8-9H2/t10-,12+,15-,16+/m0/s1. The first-order valence-corrected chi connectivity index (χ1v) is 9.95. The molecule has 2 saturated carbocycles. The van der Waals surface area contributed by atoms with Crippen LogP contribution < -0.4 is 4.31 Å². The molecule has 26 heavy (non-hydrogen) atoms. The van der Waals surface area contributed by atoms with E-state index in [2.05, 4.69) is 0 Å². The van der Waals surface area contributed by atoms with E-state index in [1.54, 1.807) is 0 Å². The summed E-state index contributed by atoms with van der Waals surface area (Å²) in [5.41, 5.74) is -1.57. The maximum atomic E-state index is 13.3. The van der Waals surface area contributed by atoms with Crippen molar-refractivity contribution in [3.8, 4) is 6.07 Å². The number of nitrogens with zero attached hydrogens (tertiary/aromatic N) is 2. The Kier molecular flexibility index (Phi) is 3.80. The van der Waals surface area contributed by atoms with Crippen molar-refractivity contribution < 1.29 is 27.4 Å². The summed E-state index contributed by atoms with van der Waals surface area (Å²) in [5, 5.41) is 19.0. The van der Waals surface area contributed by atoms with Gasteiger partial charge in [0.15, 0.2) is 0 Å². The first-order chi connectivity index (χ1) is 12.2.